The standard InChI is InChI=1S/C27H32N6O4S/c1-36-16-15-32-11-13-33(14-12-32)38(34,35)24-6-3-20(4-7-24)21-17-25-27(29-19-21)31-26(30-25)8-5-22-18-23(37-2)9-10-28-22/h3-4,6-7,9-10,17-19H,5,8,11-16H2,1-2H3,(H,29,30,31). The van der Waals surface area contributed by atoms with Gasteiger partial charge in [0.2, 0.25) is 10.0 Å². The van der Waals surface area contributed by atoms with E-state index in [2.05, 4.69) is 19.9 Å². The SMILES string of the molecule is COCCN1CCN(S(=O)(=O)c2ccc(-c3cnc4[nH]c(CCc5cc(OC)ccn5)nc4c3)cc2)CC1. The molecule has 0 unspecified atom stereocenters. The van der Waals surface area contributed by atoms with E-state index in [-0.39, 0.29) is 0 Å². The lowest BCUT2D eigenvalue weighted by Gasteiger charge is -2.33. The molecule has 1 saturated heterocycles. The van der Waals surface area contributed by atoms with Gasteiger partial charge in [-0.05, 0) is 36.2 Å². The number of benzene rings is 1. The van der Waals surface area contributed by atoms with Gasteiger partial charge in [0.1, 0.15) is 17.1 Å². The van der Waals surface area contributed by atoms with E-state index in [9.17, 15) is 8.42 Å². The van der Waals surface area contributed by atoms with Gasteiger partial charge < -0.3 is 14.5 Å². The lowest BCUT2D eigenvalue weighted by Crippen LogP contribution is -2.49. The fraction of sp³-hybridized carbons (Fsp3) is 0.370. The molecule has 5 rings (SSSR count). The van der Waals surface area contributed by atoms with Crippen LogP contribution in [0, 0.1) is 0 Å². The summed E-state index contributed by atoms with van der Waals surface area (Å²) in [4.78, 5) is 19.4. The molecule has 200 valence electrons. The van der Waals surface area contributed by atoms with Crippen LogP contribution in [0.15, 0.2) is 59.8 Å². The summed E-state index contributed by atoms with van der Waals surface area (Å²) >= 11 is 0. The molecule has 1 aromatic carbocycles. The Morgan fingerprint density at radius 1 is 0.947 bits per heavy atom. The lowest BCUT2D eigenvalue weighted by molar-refractivity contribution is 0.123. The Morgan fingerprint density at radius 3 is 2.47 bits per heavy atom. The molecule has 0 amide bonds. The largest absolute Gasteiger partial charge is 0.497 e. The molecule has 1 aliphatic heterocycles. The van der Waals surface area contributed by atoms with Crippen molar-refractivity contribution in [1.29, 1.82) is 0 Å². The van der Waals surface area contributed by atoms with Crippen LogP contribution in [0.3, 0.4) is 0 Å². The number of ether oxygens (including phenoxy) is 2. The fourth-order valence-corrected chi connectivity index (χ4v) is 5.99. The van der Waals surface area contributed by atoms with Crippen LogP contribution in [0.5, 0.6) is 5.75 Å². The van der Waals surface area contributed by atoms with E-state index in [4.69, 9.17) is 14.5 Å². The highest BCUT2D eigenvalue weighted by Gasteiger charge is 2.28. The minimum absolute atomic E-state index is 0.300. The lowest BCUT2D eigenvalue weighted by atomic mass is 10.1. The number of nitrogens with one attached hydrogen (secondary N) is 1. The molecule has 38 heavy (non-hydrogen) atoms. The summed E-state index contributed by atoms with van der Waals surface area (Å²) in [6, 6.07) is 12.7. The van der Waals surface area contributed by atoms with Crippen LogP contribution in [-0.2, 0) is 27.6 Å². The summed E-state index contributed by atoms with van der Waals surface area (Å²) in [5.41, 5.74) is 4.17. The molecule has 4 heterocycles. The average Bonchev–Trinajstić information content (AvgIpc) is 3.38. The van der Waals surface area contributed by atoms with Crippen LogP contribution >= 0.6 is 0 Å². The minimum Gasteiger partial charge on any atom is -0.497 e. The molecular weight excluding hydrogens is 504 g/mol. The van der Waals surface area contributed by atoms with E-state index < -0.39 is 10.0 Å². The Kier molecular flexibility index (Phi) is 7.98. The third kappa shape index (κ3) is 5.86. The predicted molar refractivity (Wildman–Crippen MR) is 145 cm³/mol. The number of sulfonamides is 1. The number of aromatic amines is 1. The van der Waals surface area contributed by atoms with Gasteiger partial charge >= 0.3 is 0 Å². The van der Waals surface area contributed by atoms with Crippen LogP contribution in [0.4, 0.5) is 0 Å². The van der Waals surface area contributed by atoms with Crippen molar-refractivity contribution in [3.05, 3.63) is 66.4 Å². The van der Waals surface area contributed by atoms with Gasteiger partial charge in [-0.15, -0.1) is 0 Å². The Balaban J connectivity index is 1.25. The zero-order valence-corrected chi connectivity index (χ0v) is 22.4. The fourth-order valence-electron chi connectivity index (χ4n) is 4.57. The number of rotatable bonds is 10. The molecule has 0 spiro atoms. The molecule has 0 aliphatic carbocycles. The number of aromatic nitrogens is 4. The second kappa shape index (κ2) is 11.6. The molecule has 1 aliphatic rings. The van der Waals surface area contributed by atoms with Gasteiger partial charge in [-0.2, -0.15) is 4.31 Å². The molecule has 0 bridgehead atoms. The number of hydrogen-bond donors (Lipinski definition) is 1. The first-order chi connectivity index (χ1) is 18.5. The third-order valence-corrected chi connectivity index (χ3v) is 8.71. The van der Waals surface area contributed by atoms with Crippen LogP contribution < -0.4 is 4.74 Å². The first-order valence-corrected chi connectivity index (χ1v) is 14.1. The van der Waals surface area contributed by atoms with E-state index in [1.54, 1.807) is 43.1 Å². The molecule has 11 heteroatoms. The summed E-state index contributed by atoms with van der Waals surface area (Å²) < 4.78 is 38.3. The van der Waals surface area contributed by atoms with Gasteiger partial charge in [0, 0.05) is 76.0 Å². The maximum absolute atomic E-state index is 13.2. The van der Waals surface area contributed by atoms with Gasteiger partial charge in [0.05, 0.1) is 18.6 Å². The molecular formula is C27H32N6O4S. The quantitative estimate of drug-likeness (QED) is 0.329. The summed E-state index contributed by atoms with van der Waals surface area (Å²) in [7, 11) is -0.226. The van der Waals surface area contributed by atoms with Crippen molar-refractivity contribution in [3.63, 3.8) is 0 Å². The molecule has 1 N–H and O–H groups in total. The van der Waals surface area contributed by atoms with Gasteiger partial charge in [0.15, 0.2) is 5.65 Å². The van der Waals surface area contributed by atoms with Crippen LogP contribution in [0.2, 0.25) is 0 Å². The molecule has 0 atom stereocenters. The molecule has 10 nitrogen and oxygen atoms in total. The van der Waals surface area contributed by atoms with Crippen molar-refractivity contribution in [3.8, 4) is 16.9 Å². The van der Waals surface area contributed by atoms with Crippen molar-refractivity contribution in [2.75, 3.05) is 53.6 Å². The highest BCUT2D eigenvalue weighted by Crippen LogP contribution is 2.25. The van der Waals surface area contributed by atoms with E-state index in [0.29, 0.717) is 49.7 Å². The van der Waals surface area contributed by atoms with Crippen molar-refractivity contribution < 1.29 is 17.9 Å². The van der Waals surface area contributed by atoms with Crippen LogP contribution in [0.25, 0.3) is 22.3 Å². The van der Waals surface area contributed by atoms with Crippen molar-refractivity contribution in [1.82, 2.24) is 29.1 Å². The van der Waals surface area contributed by atoms with E-state index in [1.165, 1.54) is 0 Å². The summed E-state index contributed by atoms with van der Waals surface area (Å²) in [5.74, 6) is 1.61. The molecule has 4 aromatic rings. The number of hydrogen-bond acceptors (Lipinski definition) is 8. The second-order valence-electron chi connectivity index (χ2n) is 9.23. The monoisotopic (exact) mass is 536 g/mol. The number of fused-ring (bicyclic) bond motifs is 1. The number of imidazole rings is 1. The Bertz CT molecular complexity index is 1480. The van der Waals surface area contributed by atoms with E-state index >= 15 is 0 Å². The smallest absolute Gasteiger partial charge is 0.243 e. The average molecular weight is 537 g/mol. The zero-order chi connectivity index (χ0) is 26.5. The maximum Gasteiger partial charge on any atom is 0.243 e. The van der Waals surface area contributed by atoms with E-state index in [0.717, 1.165) is 46.9 Å². The summed E-state index contributed by atoms with van der Waals surface area (Å²) in [5, 5.41) is 0. The molecule has 3 aromatic heterocycles. The van der Waals surface area contributed by atoms with Crippen molar-refractivity contribution >= 4 is 21.2 Å². The highest BCUT2D eigenvalue weighted by molar-refractivity contribution is 7.89. The second-order valence-corrected chi connectivity index (χ2v) is 11.2. The summed E-state index contributed by atoms with van der Waals surface area (Å²) in [6.45, 7) is 3.82. The van der Waals surface area contributed by atoms with Gasteiger partial charge in [-0.3, -0.25) is 9.88 Å². The Morgan fingerprint density at radius 2 is 1.74 bits per heavy atom. The molecule has 0 radical (unpaired) electrons. The minimum atomic E-state index is -3.54. The topological polar surface area (TPSA) is 114 Å². The molecule has 1 fully saturated rings. The first kappa shape index (κ1) is 26.2. The number of aryl methyl sites for hydroxylation is 2. The molecule has 0 saturated carbocycles. The number of H-pyrrole nitrogens is 1. The zero-order valence-electron chi connectivity index (χ0n) is 21.6. The number of piperazine rings is 1. The van der Waals surface area contributed by atoms with Crippen LogP contribution in [-0.4, -0.2) is 91.1 Å². The number of nitrogens with zero attached hydrogens (tertiary/aromatic N) is 5. The highest BCUT2D eigenvalue weighted by atomic mass is 32.2. The Labute approximate surface area is 222 Å². The van der Waals surface area contributed by atoms with Crippen molar-refractivity contribution in [2.24, 2.45) is 0 Å². The van der Waals surface area contributed by atoms with Crippen molar-refractivity contribution in [2.45, 2.75) is 17.7 Å². The van der Waals surface area contributed by atoms with Gasteiger partial charge in [-0.25, -0.2) is 18.4 Å². The van der Waals surface area contributed by atoms with Crippen LogP contribution in [0.1, 0.15) is 11.5 Å². The normalized spacial score (nSPS) is 15.2. The number of pyridine rings is 2. The Hall–Kier alpha value is -3.38. The van der Waals surface area contributed by atoms with Gasteiger partial charge in [-0.1, -0.05) is 12.1 Å². The van der Waals surface area contributed by atoms with Gasteiger partial charge in [0.25, 0.3) is 0 Å². The summed E-state index contributed by atoms with van der Waals surface area (Å²) in [6.07, 6.45) is 4.93. The third-order valence-electron chi connectivity index (χ3n) is 6.80. The maximum atomic E-state index is 13.2. The number of methoxy groups -OCH3 is 2. The van der Waals surface area contributed by atoms with E-state index in [1.807, 2.05) is 30.3 Å². The first-order valence-electron chi connectivity index (χ1n) is 12.6. The predicted octanol–water partition coefficient (Wildman–Crippen LogP) is 2.77.